The number of morpholine rings is 1. The first kappa shape index (κ1) is 16.2. The van der Waals surface area contributed by atoms with Gasteiger partial charge in [-0.25, -0.2) is 0 Å². The number of aliphatic hydroxyl groups excluding tert-OH is 1. The van der Waals surface area contributed by atoms with Gasteiger partial charge >= 0.3 is 0 Å². The molecule has 0 aromatic heterocycles. The fourth-order valence-corrected chi connectivity index (χ4v) is 3.48. The van der Waals surface area contributed by atoms with Gasteiger partial charge in [0.2, 0.25) is 0 Å². The number of aliphatic hydroxyl groups is 1. The molecule has 2 unspecified atom stereocenters. The summed E-state index contributed by atoms with van der Waals surface area (Å²) >= 11 is 0. The Morgan fingerprint density at radius 3 is 2.50 bits per heavy atom. The second kappa shape index (κ2) is 7.21. The van der Waals surface area contributed by atoms with Gasteiger partial charge in [-0.1, -0.05) is 20.8 Å². The standard InChI is InChI=1S/C16H32N2O2/c1-16(2,3)11-14-5-4-6-18(14)13-15(19)12-17-7-9-20-10-8-17/h14-15,19H,4-13H2,1-3H3. The van der Waals surface area contributed by atoms with Crippen LogP contribution in [0.1, 0.15) is 40.0 Å². The Kier molecular flexibility index (Phi) is 5.84. The van der Waals surface area contributed by atoms with E-state index in [1.165, 1.54) is 19.3 Å². The first-order valence-electron chi connectivity index (χ1n) is 8.16. The summed E-state index contributed by atoms with van der Waals surface area (Å²) in [6, 6.07) is 0.661. The first-order valence-corrected chi connectivity index (χ1v) is 8.16. The monoisotopic (exact) mass is 284 g/mol. The maximum absolute atomic E-state index is 10.4. The molecule has 0 radical (unpaired) electrons. The third-order valence-corrected chi connectivity index (χ3v) is 4.36. The summed E-state index contributed by atoms with van der Waals surface area (Å²) in [4.78, 5) is 4.83. The molecule has 2 aliphatic rings. The van der Waals surface area contributed by atoms with Crippen LogP contribution in [0.15, 0.2) is 0 Å². The van der Waals surface area contributed by atoms with Crippen LogP contribution in [0.5, 0.6) is 0 Å². The highest BCUT2D eigenvalue weighted by molar-refractivity contribution is 4.85. The minimum absolute atomic E-state index is 0.228. The predicted octanol–water partition coefficient (Wildman–Crippen LogP) is 1.58. The van der Waals surface area contributed by atoms with Gasteiger partial charge in [-0.05, 0) is 31.2 Å². The van der Waals surface area contributed by atoms with Crippen LogP contribution >= 0.6 is 0 Å². The van der Waals surface area contributed by atoms with Gasteiger partial charge in [-0.3, -0.25) is 9.80 Å². The van der Waals surface area contributed by atoms with Crippen LogP contribution in [-0.4, -0.2) is 73.0 Å². The van der Waals surface area contributed by atoms with E-state index in [0.29, 0.717) is 11.5 Å². The van der Waals surface area contributed by atoms with Gasteiger partial charge in [0.15, 0.2) is 0 Å². The number of hydrogen-bond acceptors (Lipinski definition) is 4. The molecule has 2 heterocycles. The normalized spacial score (nSPS) is 27.9. The Morgan fingerprint density at radius 2 is 1.85 bits per heavy atom. The number of rotatable bonds is 5. The summed E-state index contributed by atoms with van der Waals surface area (Å²) in [6.45, 7) is 13.3. The minimum Gasteiger partial charge on any atom is -0.390 e. The number of likely N-dealkylation sites (tertiary alicyclic amines) is 1. The fraction of sp³-hybridized carbons (Fsp3) is 1.00. The van der Waals surface area contributed by atoms with Crippen LogP contribution in [0.25, 0.3) is 0 Å². The zero-order chi connectivity index (χ0) is 14.6. The molecular weight excluding hydrogens is 252 g/mol. The van der Waals surface area contributed by atoms with Crippen molar-refractivity contribution in [2.45, 2.75) is 52.2 Å². The summed E-state index contributed by atoms with van der Waals surface area (Å²) < 4.78 is 5.35. The maximum atomic E-state index is 10.4. The van der Waals surface area contributed by atoms with Crippen molar-refractivity contribution in [1.29, 1.82) is 0 Å². The Hall–Kier alpha value is -0.160. The summed E-state index contributed by atoms with van der Waals surface area (Å²) in [5.41, 5.74) is 0.377. The summed E-state index contributed by atoms with van der Waals surface area (Å²) in [5.74, 6) is 0. The van der Waals surface area contributed by atoms with E-state index in [-0.39, 0.29) is 6.10 Å². The van der Waals surface area contributed by atoms with E-state index < -0.39 is 0 Å². The van der Waals surface area contributed by atoms with Gasteiger partial charge in [-0.15, -0.1) is 0 Å². The number of β-amino-alcohol motifs (C(OH)–C–C–N with tert-alkyl or cyclic N) is 1. The molecule has 0 aromatic rings. The lowest BCUT2D eigenvalue weighted by Crippen LogP contribution is -2.46. The zero-order valence-corrected chi connectivity index (χ0v) is 13.5. The van der Waals surface area contributed by atoms with Crippen molar-refractivity contribution < 1.29 is 9.84 Å². The highest BCUT2D eigenvalue weighted by Gasteiger charge is 2.30. The molecule has 20 heavy (non-hydrogen) atoms. The topological polar surface area (TPSA) is 35.9 Å². The van der Waals surface area contributed by atoms with Crippen LogP contribution < -0.4 is 0 Å². The van der Waals surface area contributed by atoms with Crippen LogP contribution in [-0.2, 0) is 4.74 Å². The van der Waals surface area contributed by atoms with Crippen molar-refractivity contribution in [3.8, 4) is 0 Å². The second-order valence-corrected chi connectivity index (χ2v) is 7.62. The van der Waals surface area contributed by atoms with Gasteiger partial charge in [0, 0.05) is 32.2 Å². The molecule has 0 bridgehead atoms. The van der Waals surface area contributed by atoms with Gasteiger partial charge in [0.05, 0.1) is 19.3 Å². The molecule has 2 atom stereocenters. The molecule has 2 rings (SSSR count). The minimum atomic E-state index is -0.228. The van der Waals surface area contributed by atoms with Crippen molar-refractivity contribution in [2.75, 3.05) is 45.9 Å². The van der Waals surface area contributed by atoms with E-state index in [0.717, 1.165) is 45.9 Å². The number of nitrogens with zero attached hydrogens (tertiary/aromatic N) is 2. The molecule has 2 saturated heterocycles. The average Bonchev–Trinajstić information content (AvgIpc) is 2.75. The van der Waals surface area contributed by atoms with Crippen molar-refractivity contribution in [1.82, 2.24) is 9.80 Å². The number of ether oxygens (including phenoxy) is 1. The molecule has 1 N–H and O–H groups in total. The third-order valence-electron chi connectivity index (χ3n) is 4.36. The SMILES string of the molecule is CC(C)(C)CC1CCCN1CC(O)CN1CCOCC1. The first-order chi connectivity index (χ1) is 9.44. The molecule has 2 aliphatic heterocycles. The van der Waals surface area contributed by atoms with Crippen molar-refractivity contribution >= 4 is 0 Å². The van der Waals surface area contributed by atoms with E-state index in [2.05, 4.69) is 30.6 Å². The molecule has 4 nitrogen and oxygen atoms in total. The zero-order valence-electron chi connectivity index (χ0n) is 13.5. The second-order valence-electron chi connectivity index (χ2n) is 7.62. The molecule has 2 fully saturated rings. The van der Waals surface area contributed by atoms with Gasteiger partial charge < -0.3 is 9.84 Å². The smallest absolute Gasteiger partial charge is 0.0793 e. The van der Waals surface area contributed by atoms with Gasteiger partial charge in [-0.2, -0.15) is 0 Å². The molecule has 0 spiro atoms. The van der Waals surface area contributed by atoms with Crippen LogP contribution in [0.3, 0.4) is 0 Å². The van der Waals surface area contributed by atoms with Crippen molar-refractivity contribution in [3.05, 3.63) is 0 Å². The summed E-state index contributed by atoms with van der Waals surface area (Å²) in [5, 5.41) is 10.4. The van der Waals surface area contributed by atoms with Crippen molar-refractivity contribution in [3.63, 3.8) is 0 Å². The Labute approximate surface area is 124 Å². The van der Waals surface area contributed by atoms with E-state index in [1.54, 1.807) is 0 Å². The predicted molar refractivity (Wildman–Crippen MR) is 81.9 cm³/mol. The lowest BCUT2D eigenvalue weighted by Gasteiger charge is -2.33. The Balaban J connectivity index is 1.75. The molecule has 118 valence electrons. The van der Waals surface area contributed by atoms with E-state index in [9.17, 15) is 5.11 Å². The van der Waals surface area contributed by atoms with E-state index in [1.807, 2.05) is 0 Å². The molecule has 0 saturated carbocycles. The summed E-state index contributed by atoms with van der Waals surface area (Å²) in [6.07, 6.45) is 3.58. The van der Waals surface area contributed by atoms with E-state index >= 15 is 0 Å². The average molecular weight is 284 g/mol. The maximum Gasteiger partial charge on any atom is 0.0793 e. The Morgan fingerprint density at radius 1 is 1.15 bits per heavy atom. The molecular formula is C16H32N2O2. The largest absolute Gasteiger partial charge is 0.390 e. The third kappa shape index (κ3) is 5.32. The molecule has 0 aromatic carbocycles. The molecule has 0 amide bonds. The van der Waals surface area contributed by atoms with Crippen molar-refractivity contribution in [2.24, 2.45) is 5.41 Å². The Bertz CT molecular complexity index is 285. The highest BCUT2D eigenvalue weighted by Crippen LogP contribution is 2.29. The van der Waals surface area contributed by atoms with Crippen LogP contribution in [0, 0.1) is 5.41 Å². The summed E-state index contributed by atoms with van der Waals surface area (Å²) in [7, 11) is 0. The fourth-order valence-electron chi connectivity index (χ4n) is 3.48. The van der Waals surface area contributed by atoms with E-state index in [4.69, 9.17) is 4.74 Å². The molecule has 0 aliphatic carbocycles. The van der Waals surface area contributed by atoms with Crippen LogP contribution in [0.2, 0.25) is 0 Å². The molecule has 4 heteroatoms. The quantitative estimate of drug-likeness (QED) is 0.831. The van der Waals surface area contributed by atoms with Gasteiger partial charge in [0.1, 0.15) is 0 Å². The van der Waals surface area contributed by atoms with Crippen LogP contribution in [0.4, 0.5) is 0 Å². The lowest BCUT2D eigenvalue weighted by molar-refractivity contribution is 0.00463. The van der Waals surface area contributed by atoms with Gasteiger partial charge in [0.25, 0.3) is 0 Å². The number of hydrogen-bond donors (Lipinski definition) is 1. The lowest BCUT2D eigenvalue weighted by atomic mass is 9.87. The highest BCUT2D eigenvalue weighted by atomic mass is 16.5.